The zero-order valence-corrected chi connectivity index (χ0v) is 19.2. The monoisotopic (exact) mass is 482 g/mol. The van der Waals surface area contributed by atoms with Crippen LogP contribution in [0.5, 0.6) is 0 Å². The average molecular weight is 482 g/mol. The van der Waals surface area contributed by atoms with E-state index in [0.717, 1.165) is 77.5 Å². The van der Waals surface area contributed by atoms with Gasteiger partial charge >= 0.3 is 0 Å². The summed E-state index contributed by atoms with van der Waals surface area (Å²) in [6, 6.07) is 0.345. The van der Waals surface area contributed by atoms with Crippen molar-refractivity contribution in [2.75, 3.05) is 39.4 Å². The molecule has 0 spiro atoms. The number of halogens is 1. The molecular formula is C19H39IN4O2. The van der Waals surface area contributed by atoms with Crippen molar-refractivity contribution in [1.29, 1.82) is 0 Å². The van der Waals surface area contributed by atoms with Gasteiger partial charge in [0.25, 0.3) is 0 Å². The fourth-order valence-corrected chi connectivity index (χ4v) is 3.04. The molecule has 6 nitrogen and oxygen atoms in total. The third-order valence-electron chi connectivity index (χ3n) is 4.50. The van der Waals surface area contributed by atoms with Gasteiger partial charge in [-0.1, -0.05) is 20.3 Å². The topological polar surface area (TPSA) is 66.0 Å². The number of nitrogens with zero attached hydrogens (tertiary/aromatic N) is 2. The molecule has 1 aliphatic heterocycles. The molecule has 0 aromatic heterocycles. The zero-order chi connectivity index (χ0) is 18.3. The van der Waals surface area contributed by atoms with E-state index in [1.807, 2.05) is 0 Å². The van der Waals surface area contributed by atoms with Gasteiger partial charge in [-0.3, -0.25) is 9.79 Å². The number of rotatable bonds is 13. The Balaban J connectivity index is 0.00000625. The third kappa shape index (κ3) is 10.5. The second kappa shape index (κ2) is 16.6. The van der Waals surface area contributed by atoms with Crippen LogP contribution < -0.4 is 10.6 Å². The van der Waals surface area contributed by atoms with Crippen molar-refractivity contribution in [3.05, 3.63) is 0 Å². The average Bonchev–Trinajstić information content (AvgIpc) is 3.03. The van der Waals surface area contributed by atoms with Crippen molar-refractivity contribution in [2.24, 2.45) is 4.99 Å². The number of hydrogen-bond donors (Lipinski definition) is 2. The number of aliphatic imine (C=N–C) groups is 1. The van der Waals surface area contributed by atoms with E-state index >= 15 is 0 Å². The lowest BCUT2D eigenvalue weighted by Crippen LogP contribution is -2.42. The Labute approximate surface area is 176 Å². The highest BCUT2D eigenvalue weighted by atomic mass is 127. The maximum Gasteiger partial charge on any atom is 0.222 e. The minimum atomic E-state index is 0. The van der Waals surface area contributed by atoms with Crippen molar-refractivity contribution >= 4 is 35.8 Å². The van der Waals surface area contributed by atoms with Crippen molar-refractivity contribution in [3.63, 3.8) is 0 Å². The van der Waals surface area contributed by atoms with E-state index in [0.29, 0.717) is 18.4 Å². The molecule has 0 saturated carbocycles. The molecule has 0 radical (unpaired) electrons. The van der Waals surface area contributed by atoms with E-state index in [1.54, 1.807) is 0 Å². The summed E-state index contributed by atoms with van der Waals surface area (Å²) in [6.45, 7) is 11.4. The van der Waals surface area contributed by atoms with Crippen molar-refractivity contribution in [2.45, 2.75) is 71.8 Å². The summed E-state index contributed by atoms with van der Waals surface area (Å²) in [5.41, 5.74) is 0. The second-order valence-corrected chi connectivity index (χ2v) is 6.55. The summed E-state index contributed by atoms with van der Waals surface area (Å²) in [6.07, 6.45) is 6.95. The van der Waals surface area contributed by atoms with Crippen LogP contribution in [0.4, 0.5) is 0 Å². The summed E-state index contributed by atoms with van der Waals surface area (Å²) in [7, 11) is 0. The first kappa shape index (κ1) is 25.4. The molecule has 1 unspecified atom stereocenters. The van der Waals surface area contributed by atoms with Crippen LogP contribution in [0.3, 0.4) is 0 Å². The molecule has 7 heteroatoms. The van der Waals surface area contributed by atoms with Gasteiger partial charge in [0, 0.05) is 51.9 Å². The molecule has 0 bridgehead atoms. The number of unbranched alkanes of at least 4 members (excludes halogenated alkanes) is 1. The molecular weight excluding hydrogens is 443 g/mol. The molecule has 0 aliphatic carbocycles. The number of nitrogens with one attached hydrogen (secondary N) is 2. The van der Waals surface area contributed by atoms with Crippen LogP contribution in [-0.4, -0.2) is 62.2 Å². The third-order valence-corrected chi connectivity index (χ3v) is 4.50. The molecule has 1 saturated heterocycles. The molecule has 0 aromatic rings. The van der Waals surface area contributed by atoms with Crippen molar-refractivity contribution < 1.29 is 9.53 Å². The summed E-state index contributed by atoms with van der Waals surface area (Å²) in [4.78, 5) is 18.6. The largest absolute Gasteiger partial charge is 0.381 e. The van der Waals surface area contributed by atoms with Crippen molar-refractivity contribution in [1.82, 2.24) is 15.5 Å². The number of ether oxygens (including phenoxy) is 1. The van der Waals surface area contributed by atoms with Gasteiger partial charge in [-0.2, -0.15) is 0 Å². The van der Waals surface area contributed by atoms with E-state index in [-0.39, 0.29) is 24.0 Å². The number of carbonyl (C=O) groups excluding carboxylic acids is 1. The van der Waals surface area contributed by atoms with Crippen molar-refractivity contribution in [3.8, 4) is 0 Å². The zero-order valence-electron chi connectivity index (χ0n) is 16.9. The standard InChI is InChI=1S/C19H38N4O2.HI/c1-4-7-15-25-16-9-12-21-19(20-6-3)22-13-11-17(5-2)23-14-8-10-18(23)24;/h17H,4-16H2,1-3H3,(H2,20,21,22);1H. The van der Waals surface area contributed by atoms with Gasteiger partial charge in [-0.15, -0.1) is 24.0 Å². The highest BCUT2D eigenvalue weighted by Gasteiger charge is 2.26. The lowest BCUT2D eigenvalue weighted by atomic mass is 10.1. The van der Waals surface area contributed by atoms with Gasteiger partial charge in [0.15, 0.2) is 5.96 Å². The number of likely N-dealkylation sites (tertiary alicyclic amines) is 1. The fourth-order valence-electron chi connectivity index (χ4n) is 3.04. The van der Waals surface area contributed by atoms with E-state index in [1.165, 1.54) is 6.42 Å². The first-order valence-electron chi connectivity index (χ1n) is 10.1. The summed E-state index contributed by atoms with van der Waals surface area (Å²) < 4.78 is 5.56. The lowest BCUT2D eigenvalue weighted by molar-refractivity contribution is -0.129. The molecule has 0 aromatic carbocycles. The Kier molecular flexibility index (Phi) is 16.2. The first-order valence-corrected chi connectivity index (χ1v) is 10.1. The van der Waals surface area contributed by atoms with E-state index < -0.39 is 0 Å². The number of hydrogen-bond acceptors (Lipinski definition) is 3. The smallest absolute Gasteiger partial charge is 0.222 e. The van der Waals surface area contributed by atoms with Gasteiger partial charge in [0.2, 0.25) is 5.91 Å². The Hall–Kier alpha value is -0.570. The predicted octanol–water partition coefficient (Wildman–Crippen LogP) is 3.16. The van der Waals surface area contributed by atoms with Crippen LogP contribution >= 0.6 is 24.0 Å². The van der Waals surface area contributed by atoms with E-state index in [4.69, 9.17) is 4.74 Å². The summed E-state index contributed by atoms with van der Waals surface area (Å²) in [5, 5.41) is 6.68. The van der Waals surface area contributed by atoms with E-state index in [9.17, 15) is 4.79 Å². The quantitative estimate of drug-likeness (QED) is 0.183. The molecule has 1 fully saturated rings. The van der Waals surface area contributed by atoms with Gasteiger partial charge in [0.1, 0.15) is 0 Å². The molecule has 1 rings (SSSR count). The second-order valence-electron chi connectivity index (χ2n) is 6.55. The Bertz CT molecular complexity index is 394. The molecule has 26 heavy (non-hydrogen) atoms. The van der Waals surface area contributed by atoms with Crippen LogP contribution in [0.2, 0.25) is 0 Å². The predicted molar refractivity (Wildman–Crippen MR) is 119 cm³/mol. The maximum atomic E-state index is 11.9. The molecule has 1 amide bonds. The Morgan fingerprint density at radius 3 is 2.62 bits per heavy atom. The number of amides is 1. The fraction of sp³-hybridized carbons (Fsp3) is 0.895. The van der Waals surface area contributed by atoms with Crippen LogP contribution in [0.15, 0.2) is 4.99 Å². The van der Waals surface area contributed by atoms with Crippen LogP contribution in [-0.2, 0) is 9.53 Å². The first-order chi connectivity index (χ1) is 12.2. The molecule has 1 atom stereocenters. The number of carbonyl (C=O) groups is 1. The van der Waals surface area contributed by atoms with Gasteiger partial charge in [-0.05, 0) is 39.0 Å². The lowest BCUT2D eigenvalue weighted by Gasteiger charge is -2.27. The maximum absolute atomic E-state index is 11.9. The molecule has 154 valence electrons. The van der Waals surface area contributed by atoms with E-state index in [2.05, 4.69) is 41.3 Å². The summed E-state index contributed by atoms with van der Waals surface area (Å²) >= 11 is 0. The van der Waals surface area contributed by atoms with Crippen LogP contribution in [0.25, 0.3) is 0 Å². The Morgan fingerprint density at radius 1 is 1.23 bits per heavy atom. The molecule has 1 aliphatic rings. The van der Waals surface area contributed by atoms with Gasteiger partial charge in [0.05, 0.1) is 0 Å². The summed E-state index contributed by atoms with van der Waals surface area (Å²) in [5.74, 6) is 1.18. The van der Waals surface area contributed by atoms with Crippen LogP contribution in [0, 0.1) is 0 Å². The number of guanidine groups is 1. The molecule has 1 heterocycles. The van der Waals surface area contributed by atoms with Crippen LogP contribution in [0.1, 0.15) is 65.7 Å². The highest BCUT2D eigenvalue weighted by Crippen LogP contribution is 2.17. The van der Waals surface area contributed by atoms with Gasteiger partial charge < -0.3 is 20.3 Å². The minimum absolute atomic E-state index is 0. The van der Waals surface area contributed by atoms with Gasteiger partial charge in [-0.25, -0.2) is 0 Å². The normalized spacial score (nSPS) is 15.7. The minimum Gasteiger partial charge on any atom is -0.381 e. The SMILES string of the molecule is CCCCOCCCN=C(NCC)NCCC(CC)N1CCCC1=O.I. The highest BCUT2D eigenvalue weighted by molar-refractivity contribution is 14.0. The molecule has 2 N–H and O–H groups in total. The Morgan fingerprint density at radius 2 is 2.00 bits per heavy atom.